The Bertz CT molecular complexity index is 1460. The van der Waals surface area contributed by atoms with Crippen molar-refractivity contribution in [2.24, 2.45) is 0 Å². The number of nitro groups is 1. The number of methoxy groups -OCH3 is 2. The molecule has 0 saturated carbocycles. The zero-order valence-electron chi connectivity index (χ0n) is 20.9. The summed E-state index contributed by atoms with van der Waals surface area (Å²) in [6.45, 7) is -0.388. The van der Waals surface area contributed by atoms with Crippen molar-refractivity contribution >= 4 is 46.3 Å². The predicted molar refractivity (Wildman–Crippen MR) is 145 cm³/mol. The standard InChI is InChI=1S/C27H23N3O8S/c1-36-21-11-7-6-10-19(21)28-25(31)15-29-26(32)24(39-27(29)33)13-18-12-22(37-2)23(14-20(18)30(34)35)38-16-17-8-4-3-5-9-17/h3-14H,15-16H2,1-2H3,(H,28,31)/b24-13+. The lowest BCUT2D eigenvalue weighted by molar-refractivity contribution is -0.385. The van der Waals surface area contributed by atoms with E-state index >= 15 is 0 Å². The highest BCUT2D eigenvalue weighted by atomic mass is 32.2. The number of anilines is 1. The summed E-state index contributed by atoms with van der Waals surface area (Å²) in [5, 5.41) is 13.8. The number of ether oxygens (including phenoxy) is 3. The molecule has 0 aliphatic carbocycles. The predicted octanol–water partition coefficient (Wildman–Crippen LogP) is 4.87. The number of hydrogen-bond acceptors (Lipinski definition) is 9. The number of para-hydroxylation sites is 2. The second-order valence-electron chi connectivity index (χ2n) is 8.11. The largest absolute Gasteiger partial charge is 0.495 e. The molecule has 0 aromatic heterocycles. The first-order valence-corrected chi connectivity index (χ1v) is 12.3. The lowest BCUT2D eigenvalue weighted by Crippen LogP contribution is -2.36. The van der Waals surface area contributed by atoms with Crippen LogP contribution in [-0.4, -0.2) is 47.6 Å². The van der Waals surface area contributed by atoms with Gasteiger partial charge < -0.3 is 19.5 Å². The maximum atomic E-state index is 13.0. The normalized spacial score (nSPS) is 13.9. The van der Waals surface area contributed by atoms with Crippen LogP contribution in [0.4, 0.5) is 16.2 Å². The second-order valence-corrected chi connectivity index (χ2v) is 9.10. The van der Waals surface area contributed by atoms with Crippen LogP contribution in [0.3, 0.4) is 0 Å². The van der Waals surface area contributed by atoms with Crippen LogP contribution in [0.1, 0.15) is 11.1 Å². The molecule has 0 atom stereocenters. The number of hydrogen-bond donors (Lipinski definition) is 1. The summed E-state index contributed by atoms with van der Waals surface area (Å²) in [6.07, 6.45) is 1.23. The molecule has 3 aromatic carbocycles. The molecule has 12 heteroatoms. The van der Waals surface area contributed by atoms with Gasteiger partial charge in [0, 0.05) is 0 Å². The zero-order chi connectivity index (χ0) is 27.9. The third-order valence-electron chi connectivity index (χ3n) is 5.59. The van der Waals surface area contributed by atoms with Crippen molar-refractivity contribution in [1.82, 2.24) is 4.90 Å². The number of thioether (sulfide) groups is 1. The Kier molecular flexibility index (Phi) is 8.46. The Morgan fingerprint density at radius 3 is 2.38 bits per heavy atom. The lowest BCUT2D eigenvalue weighted by Gasteiger charge is -2.14. The van der Waals surface area contributed by atoms with Gasteiger partial charge in [-0.2, -0.15) is 0 Å². The van der Waals surface area contributed by atoms with Crippen LogP contribution in [0.25, 0.3) is 6.08 Å². The third kappa shape index (κ3) is 6.36. The van der Waals surface area contributed by atoms with Crippen molar-refractivity contribution < 1.29 is 33.5 Å². The number of benzene rings is 3. The van der Waals surface area contributed by atoms with E-state index in [1.807, 2.05) is 30.3 Å². The molecule has 3 aromatic rings. The Morgan fingerprint density at radius 2 is 1.69 bits per heavy atom. The minimum atomic E-state index is -0.752. The van der Waals surface area contributed by atoms with Crippen molar-refractivity contribution in [1.29, 1.82) is 0 Å². The first-order valence-electron chi connectivity index (χ1n) is 11.5. The van der Waals surface area contributed by atoms with Crippen molar-refractivity contribution in [3.05, 3.63) is 92.9 Å². The van der Waals surface area contributed by atoms with Crippen LogP contribution in [0, 0.1) is 10.1 Å². The van der Waals surface area contributed by atoms with E-state index in [0.717, 1.165) is 10.5 Å². The van der Waals surface area contributed by atoms with E-state index in [-0.39, 0.29) is 34.3 Å². The van der Waals surface area contributed by atoms with Gasteiger partial charge in [-0.1, -0.05) is 42.5 Å². The summed E-state index contributed by atoms with van der Waals surface area (Å²) < 4.78 is 16.3. The molecule has 1 saturated heterocycles. The van der Waals surface area contributed by atoms with E-state index in [1.165, 1.54) is 32.4 Å². The van der Waals surface area contributed by atoms with E-state index in [4.69, 9.17) is 14.2 Å². The summed E-state index contributed by atoms with van der Waals surface area (Å²) in [5.74, 6) is -0.602. The molecular formula is C27H23N3O8S. The molecule has 0 spiro atoms. The number of nitro benzene ring substituents is 1. The number of nitrogens with one attached hydrogen (secondary N) is 1. The van der Waals surface area contributed by atoms with Crippen LogP contribution in [0.5, 0.6) is 17.2 Å². The fourth-order valence-corrected chi connectivity index (χ4v) is 4.53. The number of amides is 3. The molecule has 0 radical (unpaired) electrons. The quantitative estimate of drug-likeness (QED) is 0.213. The zero-order valence-corrected chi connectivity index (χ0v) is 21.7. The van der Waals surface area contributed by atoms with Crippen molar-refractivity contribution in [2.45, 2.75) is 6.61 Å². The molecule has 1 fully saturated rings. The molecule has 0 bridgehead atoms. The molecule has 1 N–H and O–H groups in total. The molecule has 1 heterocycles. The van der Waals surface area contributed by atoms with Gasteiger partial charge in [0.25, 0.3) is 16.8 Å². The van der Waals surface area contributed by atoms with Crippen molar-refractivity contribution in [3.8, 4) is 17.2 Å². The highest BCUT2D eigenvalue weighted by molar-refractivity contribution is 8.18. The topological polar surface area (TPSA) is 137 Å². The van der Waals surface area contributed by atoms with Crippen LogP contribution in [0.2, 0.25) is 0 Å². The molecule has 200 valence electrons. The number of rotatable bonds is 10. The van der Waals surface area contributed by atoms with E-state index in [0.29, 0.717) is 23.2 Å². The summed E-state index contributed by atoms with van der Waals surface area (Å²) >= 11 is 0.577. The lowest BCUT2D eigenvalue weighted by atomic mass is 10.1. The van der Waals surface area contributed by atoms with E-state index in [1.54, 1.807) is 24.3 Å². The summed E-state index contributed by atoms with van der Waals surface area (Å²) in [6, 6.07) is 18.5. The molecule has 1 aliphatic rings. The Morgan fingerprint density at radius 1 is 1.00 bits per heavy atom. The minimum absolute atomic E-state index is 0.0351. The highest BCUT2D eigenvalue weighted by Crippen LogP contribution is 2.39. The molecule has 4 rings (SSSR count). The molecule has 0 unspecified atom stereocenters. The smallest absolute Gasteiger partial charge is 0.294 e. The second kappa shape index (κ2) is 12.1. The van der Waals surface area contributed by atoms with Gasteiger partial charge in [0.15, 0.2) is 11.5 Å². The van der Waals surface area contributed by atoms with Crippen LogP contribution >= 0.6 is 11.8 Å². The average molecular weight is 550 g/mol. The van der Waals surface area contributed by atoms with Gasteiger partial charge in [-0.05, 0) is 41.6 Å². The van der Waals surface area contributed by atoms with E-state index in [2.05, 4.69) is 5.32 Å². The van der Waals surface area contributed by atoms with Crippen LogP contribution in [0.15, 0.2) is 71.6 Å². The van der Waals surface area contributed by atoms with Crippen LogP contribution in [-0.2, 0) is 16.2 Å². The van der Waals surface area contributed by atoms with Gasteiger partial charge in [0.1, 0.15) is 18.9 Å². The van der Waals surface area contributed by atoms with Gasteiger partial charge in [0.05, 0.1) is 41.4 Å². The molecular weight excluding hydrogens is 526 g/mol. The first kappa shape index (κ1) is 27.2. The summed E-state index contributed by atoms with van der Waals surface area (Å²) in [5.41, 5.74) is 0.923. The van der Waals surface area contributed by atoms with E-state index < -0.39 is 28.5 Å². The Hall–Kier alpha value is -4.84. The van der Waals surface area contributed by atoms with Gasteiger partial charge in [0.2, 0.25) is 5.91 Å². The number of nitrogens with zero attached hydrogens (tertiary/aromatic N) is 2. The first-order chi connectivity index (χ1) is 18.8. The average Bonchev–Trinajstić information content (AvgIpc) is 3.19. The number of carbonyl (C=O) groups excluding carboxylic acids is 3. The number of carbonyl (C=O) groups is 3. The summed E-state index contributed by atoms with van der Waals surface area (Å²) in [7, 11) is 2.83. The summed E-state index contributed by atoms with van der Waals surface area (Å²) in [4.78, 5) is 50.0. The number of imide groups is 1. The maximum Gasteiger partial charge on any atom is 0.294 e. The van der Waals surface area contributed by atoms with Gasteiger partial charge in [-0.15, -0.1) is 0 Å². The van der Waals surface area contributed by atoms with Gasteiger partial charge in [-0.25, -0.2) is 0 Å². The minimum Gasteiger partial charge on any atom is -0.495 e. The Balaban J connectivity index is 1.54. The van der Waals surface area contributed by atoms with E-state index in [9.17, 15) is 24.5 Å². The van der Waals surface area contributed by atoms with Crippen LogP contribution < -0.4 is 19.5 Å². The monoisotopic (exact) mass is 549 g/mol. The molecule has 3 amide bonds. The van der Waals surface area contributed by atoms with Gasteiger partial charge >= 0.3 is 0 Å². The molecule has 11 nitrogen and oxygen atoms in total. The van der Waals surface area contributed by atoms with Gasteiger partial charge in [-0.3, -0.25) is 29.4 Å². The molecule has 39 heavy (non-hydrogen) atoms. The SMILES string of the molecule is COc1ccccc1NC(=O)CN1C(=O)S/C(=C/c2cc(OC)c(OCc3ccccc3)cc2[N+](=O)[O-])C1=O. The van der Waals surface area contributed by atoms with Crippen molar-refractivity contribution in [2.75, 3.05) is 26.1 Å². The maximum absolute atomic E-state index is 13.0. The fraction of sp³-hybridized carbons (Fsp3) is 0.148. The third-order valence-corrected chi connectivity index (χ3v) is 6.50. The highest BCUT2D eigenvalue weighted by Gasteiger charge is 2.37. The molecule has 1 aliphatic heterocycles. The fourth-order valence-electron chi connectivity index (χ4n) is 3.71. The van der Waals surface area contributed by atoms with Crippen molar-refractivity contribution in [3.63, 3.8) is 0 Å². The Labute approximate surface area is 227 Å².